The molecular weight excluding hydrogens is 321 g/mol. The van der Waals surface area contributed by atoms with Crippen LogP contribution >= 0.6 is 0 Å². The third-order valence-corrected chi connectivity index (χ3v) is 3.70. The van der Waals surface area contributed by atoms with Gasteiger partial charge in [-0.25, -0.2) is 14.4 Å². The normalized spacial score (nSPS) is 12.1. The average molecular weight is 341 g/mol. The topological polar surface area (TPSA) is 67.3 Å². The van der Waals surface area contributed by atoms with Crippen molar-refractivity contribution in [3.05, 3.63) is 48.7 Å². The van der Waals surface area contributed by atoms with Gasteiger partial charge in [-0.05, 0) is 43.3 Å². The van der Waals surface area contributed by atoms with Crippen LogP contribution in [0.3, 0.4) is 0 Å². The third-order valence-electron chi connectivity index (χ3n) is 3.70. The summed E-state index contributed by atoms with van der Waals surface area (Å²) >= 11 is 0. The Morgan fingerprint density at radius 3 is 2.80 bits per heavy atom. The highest BCUT2D eigenvalue weighted by molar-refractivity contribution is 5.82. The van der Waals surface area contributed by atoms with Gasteiger partial charge in [-0.15, -0.1) is 0 Å². The van der Waals surface area contributed by atoms with E-state index in [1.54, 1.807) is 12.3 Å². The number of hydrogen-bond donors (Lipinski definition) is 2. The van der Waals surface area contributed by atoms with E-state index >= 15 is 0 Å². The molecule has 25 heavy (non-hydrogen) atoms. The second-order valence-corrected chi connectivity index (χ2v) is 5.63. The molecule has 0 fully saturated rings. The molecule has 130 valence electrons. The van der Waals surface area contributed by atoms with Crippen molar-refractivity contribution < 1.29 is 14.2 Å². The van der Waals surface area contributed by atoms with Crippen molar-refractivity contribution >= 4 is 16.7 Å². The monoisotopic (exact) mass is 341 g/mol. The van der Waals surface area contributed by atoms with Crippen LogP contribution in [0.4, 0.5) is 10.2 Å². The summed E-state index contributed by atoms with van der Waals surface area (Å²) in [6, 6.07) is 13.2. The van der Waals surface area contributed by atoms with Gasteiger partial charge in [0, 0.05) is 23.7 Å². The van der Waals surface area contributed by atoms with Crippen LogP contribution in [0.5, 0.6) is 5.75 Å². The predicted octanol–water partition coefficient (Wildman–Crippen LogP) is 3.44. The highest BCUT2D eigenvalue weighted by Gasteiger charge is 2.06. The lowest BCUT2D eigenvalue weighted by atomic mass is 10.1. The van der Waals surface area contributed by atoms with Crippen LogP contribution in [-0.4, -0.2) is 41.0 Å². The van der Waals surface area contributed by atoms with E-state index in [1.165, 1.54) is 0 Å². The fourth-order valence-corrected chi connectivity index (χ4v) is 2.42. The quantitative estimate of drug-likeness (QED) is 0.689. The predicted molar refractivity (Wildman–Crippen MR) is 96.6 cm³/mol. The van der Waals surface area contributed by atoms with Gasteiger partial charge in [-0.3, -0.25) is 0 Å². The molecule has 0 aliphatic heterocycles. The van der Waals surface area contributed by atoms with E-state index in [1.807, 2.05) is 43.3 Å². The molecule has 2 heterocycles. The summed E-state index contributed by atoms with van der Waals surface area (Å²) in [5.74, 6) is 1.41. The fourth-order valence-electron chi connectivity index (χ4n) is 2.42. The van der Waals surface area contributed by atoms with Crippen molar-refractivity contribution in [3.63, 3.8) is 0 Å². The SMILES string of the molecule is CCNc1ccc(-c2ccc3cc(OC[C@H](O)CF)ccc3n2)cn1. The number of nitrogens with one attached hydrogen (secondary N) is 1. The highest BCUT2D eigenvalue weighted by Crippen LogP contribution is 2.24. The van der Waals surface area contributed by atoms with E-state index in [0.29, 0.717) is 5.75 Å². The molecule has 5 nitrogen and oxygen atoms in total. The molecule has 2 aromatic heterocycles. The largest absolute Gasteiger partial charge is 0.491 e. The molecule has 0 bridgehead atoms. The van der Waals surface area contributed by atoms with Crippen molar-refractivity contribution in [1.29, 1.82) is 0 Å². The zero-order valence-corrected chi connectivity index (χ0v) is 13.9. The molecule has 0 amide bonds. The van der Waals surface area contributed by atoms with E-state index in [-0.39, 0.29) is 6.61 Å². The molecule has 2 N–H and O–H groups in total. The lowest BCUT2D eigenvalue weighted by molar-refractivity contribution is 0.0842. The number of aliphatic hydroxyl groups is 1. The minimum absolute atomic E-state index is 0.0721. The van der Waals surface area contributed by atoms with Crippen LogP contribution in [0.15, 0.2) is 48.7 Å². The van der Waals surface area contributed by atoms with Gasteiger partial charge in [0.05, 0.1) is 11.2 Å². The zero-order valence-electron chi connectivity index (χ0n) is 13.9. The van der Waals surface area contributed by atoms with Gasteiger partial charge in [-0.1, -0.05) is 6.07 Å². The zero-order chi connectivity index (χ0) is 17.6. The Bertz CT molecular complexity index is 840. The molecule has 3 rings (SSSR count). The van der Waals surface area contributed by atoms with Crippen molar-refractivity contribution in [2.45, 2.75) is 13.0 Å². The summed E-state index contributed by atoms with van der Waals surface area (Å²) < 4.78 is 17.6. The first-order chi connectivity index (χ1) is 12.2. The maximum absolute atomic E-state index is 12.3. The molecule has 0 aliphatic rings. The van der Waals surface area contributed by atoms with Crippen LogP contribution < -0.4 is 10.1 Å². The summed E-state index contributed by atoms with van der Waals surface area (Å²) in [5, 5.41) is 13.3. The van der Waals surface area contributed by atoms with Gasteiger partial charge in [-0.2, -0.15) is 0 Å². The number of rotatable bonds is 7. The van der Waals surface area contributed by atoms with E-state index in [0.717, 1.165) is 34.5 Å². The van der Waals surface area contributed by atoms with Crippen LogP contribution in [-0.2, 0) is 0 Å². The number of alkyl halides is 1. The average Bonchev–Trinajstić information content (AvgIpc) is 2.66. The van der Waals surface area contributed by atoms with Crippen LogP contribution in [0, 0.1) is 0 Å². The van der Waals surface area contributed by atoms with Gasteiger partial charge in [0.2, 0.25) is 0 Å². The molecule has 0 radical (unpaired) electrons. The number of nitrogens with zero attached hydrogens (tertiary/aromatic N) is 2. The second-order valence-electron chi connectivity index (χ2n) is 5.63. The van der Waals surface area contributed by atoms with Gasteiger partial charge in [0.1, 0.15) is 31.0 Å². The Labute approximate surface area is 145 Å². The lowest BCUT2D eigenvalue weighted by Gasteiger charge is -2.10. The smallest absolute Gasteiger partial charge is 0.125 e. The summed E-state index contributed by atoms with van der Waals surface area (Å²) in [5.41, 5.74) is 2.60. The highest BCUT2D eigenvalue weighted by atomic mass is 19.1. The van der Waals surface area contributed by atoms with Crippen molar-refractivity contribution in [2.75, 3.05) is 25.1 Å². The Kier molecular flexibility index (Phi) is 5.40. The Balaban J connectivity index is 1.80. The number of aliphatic hydroxyl groups excluding tert-OH is 1. The van der Waals surface area contributed by atoms with Crippen molar-refractivity contribution in [3.8, 4) is 17.0 Å². The second kappa shape index (κ2) is 7.90. The molecule has 6 heteroatoms. The van der Waals surface area contributed by atoms with E-state index in [2.05, 4.69) is 15.3 Å². The minimum Gasteiger partial charge on any atom is -0.491 e. The maximum Gasteiger partial charge on any atom is 0.125 e. The fraction of sp³-hybridized carbons (Fsp3) is 0.263. The number of hydrogen-bond acceptors (Lipinski definition) is 5. The molecule has 0 aliphatic carbocycles. The molecule has 0 spiro atoms. The van der Waals surface area contributed by atoms with E-state index in [9.17, 15) is 9.50 Å². The molecular formula is C19H20FN3O2. The van der Waals surface area contributed by atoms with E-state index in [4.69, 9.17) is 4.74 Å². The third kappa shape index (κ3) is 4.22. The number of halogens is 1. The van der Waals surface area contributed by atoms with Gasteiger partial charge in [0.25, 0.3) is 0 Å². The molecule has 1 atom stereocenters. The molecule has 0 saturated heterocycles. The number of ether oxygens (including phenoxy) is 1. The molecule has 0 unspecified atom stereocenters. The number of aromatic nitrogens is 2. The molecule has 1 aromatic carbocycles. The first kappa shape index (κ1) is 17.1. The van der Waals surface area contributed by atoms with Gasteiger partial charge >= 0.3 is 0 Å². The molecule has 3 aromatic rings. The summed E-state index contributed by atoms with van der Waals surface area (Å²) in [4.78, 5) is 9.01. The summed E-state index contributed by atoms with van der Waals surface area (Å²) in [6.07, 6.45) is 0.691. The van der Waals surface area contributed by atoms with E-state index < -0.39 is 12.8 Å². The number of pyridine rings is 2. The number of benzene rings is 1. The Morgan fingerprint density at radius 1 is 1.20 bits per heavy atom. The molecule has 0 saturated carbocycles. The van der Waals surface area contributed by atoms with Crippen LogP contribution in [0.1, 0.15) is 6.92 Å². The summed E-state index contributed by atoms with van der Waals surface area (Å²) in [7, 11) is 0. The summed E-state index contributed by atoms with van der Waals surface area (Å²) in [6.45, 7) is 1.96. The standard InChI is InChI=1S/C19H20FN3O2/c1-2-21-19-8-4-14(11-22-19)18-6-3-13-9-16(5-7-17(13)23-18)25-12-15(24)10-20/h3-9,11,15,24H,2,10,12H2,1H3,(H,21,22)/t15-/m1/s1. The Hall–Kier alpha value is -2.73. The maximum atomic E-state index is 12.3. The number of fused-ring (bicyclic) bond motifs is 1. The van der Waals surface area contributed by atoms with Gasteiger partial charge in [0.15, 0.2) is 0 Å². The first-order valence-corrected chi connectivity index (χ1v) is 8.17. The minimum atomic E-state index is -1.10. The lowest BCUT2D eigenvalue weighted by Crippen LogP contribution is -2.19. The number of anilines is 1. The first-order valence-electron chi connectivity index (χ1n) is 8.17. The van der Waals surface area contributed by atoms with Crippen molar-refractivity contribution in [1.82, 2.24) is 9.97 Å². The van der Waals surface area contributed by atoms with Crippen LogP contribution in [0.2, 0.25) is 0 Å². The Morgan fingerprint density at radius 2 is 2.08 bits per heavy atom. The van der Waals surface area contributed by atoms with Crippen LogP contribution in [0.25, 0.3) is 22.2 Å². The van der Waals surface area contributed by atoms with Gasteiger partial charge < -0.3 is 15.2 Å². The van der Waals surface area contributed by atoms with Crippen molar-refractivity contribution in [2.24, 2.45) is 0 Å².